The number of carbonyl (C=O) groups excluding carboxylic acids is 1. The Bertz CT molecular complexity index is 596. The summed E-state index contributed by atoms with van der Waals surface area (Å²) < 4.78 is 1.93. The second-order valence-electron chi connectivity index (χ2n) is 8.46. The molecule has 0 unspecified atom stereocenters. The Morgan fingerprint density at radius 3 is 2.22 bits per heavy atom. The van der Waals surface area contributed by atoms with Gasteiger partial charge in [0, 0.05) is 18.8 Å². The van der Waals surface area contributed by atoms with Crippen LogP contribution in [0.15, 0.2) is 0 Å². The zero-order valence-electron chi connectivity index (χ0n) is 14.7. The molecular formula is C19H29N3O. The maximum atomic E-state index is 12.7. The molecule has 5 rings (SSSR count). The number of carbonyl (C=O) groups is 1. The number of aromatic nitrogens is 2. The van der Waals surface area contributed by atoms with Gasteiger partial charge < -0.3 is 5.32 Å². The monoisotopic (exact) mass is 315 g/mol. The number of nitrogens with one attached hydrogen (secondary N) is 1. The second kappa shape index (κ2) is 5.35. The van der Waals surface area contributed by atoms with Crippen LogP contribution in [-0.4, -0.2) is 22.2 Å². The molecule has 4 saturated carbocycles. The minimum Gasteiger partial charge on any atom is -0.351 e. The van der Waals surface area contributed by atoms with Crippen LogP contribution in [0.1, 0.15) is 67.2 Å². The van der Waals surface area contributed by atoms with Crippen molar-refractivity contribution in [2.24, 2.45) is 23.2 Å². The molecule has 1 aromatic rings. The number of hydrogen-bond acceptors (Lipinski definition) is 2. The van der Waals surface area contributed by atoms with E-state index < -0.39 is 0 Å². The Morgan fingerprint density at radius 1 is 1.17 bits per heavy atom. The van der Waals surface area contributed by atoms with Gasteiger partial charge in [0.25, 0.3) is 5.91 Å². The molecule has 0 saturated heterocycles. The summed E-state index contributed by atoms with van der Waals surface area (Å²) in [5, 5.41) is 7.76. The van der Waals surface area contributed by atoms with Crippen LogP contribution in [0.25, 0.3) is 0 Å². The van der Waals surface area contributed by atoms with E-state index in [1.54, 1.807) is 0 Å². The van der Waals surface area contributed by atoms with E-state index in [1.807, 2.05) is 18.5 Å². The van der Waals surface area contributed by atoms with Gasteiger partial charge in [0.2, 0.25) is 0 Å². The number of hydrogen-bond donors (Lipinski definition) is 1. The summed E-state index contributed by atoms with van der Waals surface area (Å²) in [7, 11) is 0. The van der Waals surface area contributed by atoms with Crippen LogP contribution in [0.5, 0.6) is 0 Å². The van der Waals surface area contributed by atoms with E-state index in [2.05, 4.69) is 17.3 Å². The van der Waals surface area contributed by atoms with E-state index in [-0.39, 0.29) is 5.91 Å². The molecule has 1 amide bonds. The zero-order chi connectivity index (χ0) is 16.2. The molecule has 4 nitrogen and oxygen atoms in total. The molecule has 0 radical (unpaired) electrons. The highest BCUT2D eigenvalue weighted by molar-refractivity contribution is 5.96. The molecule has 126 valence electrons. The minimum absolute atomic E-state index is 0.0791. The lowest BCUT2D eigenvalue weighted by atomic mass is 9.49. The Morgan fingerprint density at radius 2 is 1.74 bits per heavy atom. The van der Waals surface area contributed by atoms with E-state index in [0.717, 1.165) is 47.8 Å². The lowest BCUT2D eigenvalue weighted by Gasteiger charge is -2.56. The highest BCUT2D eigenvalue weighted by Gasteiger charge is 2.50. The first kappa shape index (κ1) is 15.2. The molecule has 0 atom stereocenters. The molecule has 4 aliphatic carbocycles. The van der Waals surface area contributed by atoms with Crippen LogP contribution >= 0.6 is 0 Å². The largest absolute Gasteiger partial charge is 0.351 e. The van der Waals surface area contributed by atoms with Crippen molar-refractivity contribution < 1.29 is 4.79 Å². The summed E-state index contributed by atoms with van der Waals surface area (Å²) in [6.45, 7) is 7.69. The summed E-state index contributed by atoms with van der Waals surface area (Å²) in [5.74, 6) is 2.88. The fourth-order valence-electron chi connectivity index (χ4n) is 6.20. The van der Waals surface area contributed by atoms with Crippen molar-refractivity contribution in [3.05, 3.63) is 17.0 Å². The molecule has 1 aromatic heterocycles. The van der Waals surface area contributed by atoms with Crippen molar-refractivity contribution in [3.63, 3.8) is 0 Å². The predicted octanol–water partition coefficient (Wildman–Crippen LogP) is 3.47. The van der Waals surface area contributed by atoms with Crippen molar-refractivity contribution in [2.45, 2.75) is 65.8 Å². The Kier molecular flexibility index (Phi) is 3.54. The normalized spacial score (nSPS) is 34.8. The summed E-state index contributed by atoms with van der Waals surface area (Å²) in [6, 6.07) is 0. The SMILES string of the molecule is CCn1nc(C)c(C(=O)NCC23CC4CC(CC(C4)C2)C3)c1C. The standard InChI is InChI=1S/C19H29N3O/c1-4-22-13(3)17(12(2)21-22)18(23)20-11-19-8-14-5-15(9-19)7-16(6-14)10-19/h14-16H,4-11H2,1-3H3,(H,20,23). The molecular weight excluding hydrogens is 286 g/mol. The number of amides is 1. The molecule has 1 N–H and O–H groups in total. The summed E-state index contributed by atoms with van der Waals surface area (Å²) in [6.07, 6.45) is 8.38. The summed E-state index contributed by atoms with van der Waals surface area (Å²) >= 11 is 0. The van der Waals surface area contributed by atoms with Crippen molar-refractivity contribution >= 4 is 5.91 Å². The number of nitrogens with zero attached hydrogens (tertiary/aromatic N) is 2. The van der Waals surface area contributed by atoms with Gasteiger partial charge in [0.1, 0.15) is 0 Å². The van der Waals surface area contributed by atoms with Crippen molar-refractivity contribution in [1.82, 2.24) is 15.1 Å². The van der Waals surface area contributed by atoms with Gasteiger partial charge >= 0.3 is 0 Å². The van der Waals surface area contributed by atoms with Gasteiger partial charge in [-0.1, -0.05) is 0 Å². The van der Waals surface area contributed by atoms with Crippen LogP contribution in [0.2, 0.25) is 0 Å². The second-order valence-corrected chi connectivity index (χ2v) is 8.46. The zero-order valence-corrected chi connectivity index (χ0v) is 14.7. The Labute approximate surface area is 139 Å². The van der Waals surface area contributed by atoms with E-state index >= 15 is 0 Å². The Balaban J connectivity index is 1.47. The molecule has 4 fully saturated rings. The first-order valence-corrected chi connectivity index (χ1v) is 9.32. The highest BCUT2D eigenvalue weighted by atomic mass is 16.1. The van der Waals surface area contributed by atoms with E-state index in [1.165, 1.54) is 38.5 Å². The third kappa shape index (κ3) is 2.50. The van der Waals surface area contributed by atoms with Gasteiger partial charge in [0.15, 0.2) is 0 Å². The molecule has 0 aliphatic heterocycles. The predicted molar refractivity (Wildman–Crippen MR) is 90.3 cm³/mol. The first-order valence-electron chi connectivity index (χ1n) is 9.32. The van der Waals surface area contributed by atoms with E-state index in [4.69, 9.17) is 0 Å². The van der Waals surface area contributed by atoms with Crippen LogP contribution in [0.3, 0.4) is 0 Å². The van der Waals surface area contributed by atoms with Crippen molar-refractivity contribution in [1.29, 1.82) is 0 Å². The maximum Gasteiger partial charge on any atom is 0.255 e. The molecule has 1 heterocycles. The van der Waals surface area contributed by atoms with Crippen molar-refractivity contribution in [2.75, 3.05) is 6.54 Å². The minimum atomic E-state index is 0.0791. The Hall–Kier alpha value is -1.32. The van der Waals surface area contributed by atoms with Gasteiger partial charge in [-0.2, -0.15) is 5.10 Å². The highest BCUT2D eigenvalue weighted by Crippen LogP contribution is 2.59. The fourth-order valence-corrected chi connectivity index (χ4v) is 6.20. The molecule has 0 aromatic carbocycles. The third-order valence-corrected chi connectivity index (χ3v) is 6.70. The fraction of sp³-hybridized carbons (Fsp3) is 0.789. The van der Waals surface area contributed by atoms with Crippen LogP contribution in [-0.2, 0) is 6.54 Å². The summed E-state index contributed by atoms with van der Waals surface area (Å²) in [5.41, 5.74) is 3.03. The molecule has 4 bridgehead atoms. The quantitative estimate of drug-likeness (QED) is 0.925. The van der Waals surface area contributed by atoms with E-state index in [0.29, 0.717) is 5.41 Å². The van der Waals surface area contributed by atoms with Crippen LogP contribution < -0.4 is 5.32 Å². The lowest BCUT2D eigenvalue weighted by Crippen LogP contribution is -2.51. The van der Waals surface area contributed by atoms with Gasteiger partial charge in [0.05, 0.1) is 11.3 Å². The van der Waals surface area contributed by atoms with Gasteiger partial charge in [-0.15, -0.1) is 0 Å². The first-order chi connectivity index (χ1) is 11.0. The third-order valence-electron chi connectivity index (χ3n) is 6.70. The lowest BCUT2D eigenvalue weighted by molar-refractivity contribution is -0.0503. The topological polar surface area (TPSA) is 46.9 Å². The number of rotatable bonds is 4. The van der Waals surface area contributed by atoms with Crippen LogP contribution in [0, 0.1) is 37.0 Å². The number of aryl methyl sites for hydroxylation is 2. The van der Waals surface area contributed by atoms with Crippen LogP contribution in [0.4, 0.5) is 0 Å². The van der Waals surface area contributed by atoms with Crippen molar-refractivity contribution in [3.8, 4) is 0 Å². The molecule has 23 heavy (non-hydrogen) atoms. The van der Waals surface area contributed by atoms with Gasteiger partial charge in [-0.3, -0.25) is 9.48 Å². The van der Waals surface area contributed by atoms with E-state index in [9.17, 15) is 4.79 Å². The molecule has 4 aliphatic rings. The average molecular weight is 315 g/mol. The van der Waals surface area contributed by atoms with Gasteiger partial charge in [-0.25, -0.2) is 0 Å². The molecule has 0 spiro atoms. The smallest absolute Gasteiger partial charge is 0.255 e. The van der Waals surface area contributed by atoms with Gasteiger partial charge in [-0.05, 0) is 82.5 Å². The average Bonchev–Trinajstić information content (AvgIpc) is 2.78. The molecule has 4 heteroatoms. The summed E-state index contributed by atoms with van der Waals surface area (Å²) in [4.78, 5) is 12.7. The maximum absolute atomic E-state index is 12.7.